The quantitative estimate of drug-likeness (QED) is 0.423. The first kappa shape index (κ1) is 18.9. The molecule has 0 unspecified atom stereocenters. The molecular weight excluding hydrogens is 390 g/mol. The third-order valence-electron chi connectivity index (χ3n) is 4.25. The maximum Gasteiger partial charge on any atom is 0.283 e. The molecule has 0 fully saturated rings. The summed E-state index contributed by atoms with van der Waals surface area (Å²) in [4.78, 5) is 18.0. The second-order valence-corrected chi connectivity index (χ2v) is 7.06. The lowest BCUT2D eigenvalue weighted by Gasteiger charge is -2.10. The zero-order chi connectivity index (χ0) is 20.2. The average molecular weight is 409 g/mol. The molecule has 0 bridgehead atoms. The molecule has 4 aromatic rings. The van der Waals surface area contributed by atoms with E-state index in [0.29, 0.717) is 34.1 Å². The fourth-order valence-electron chi connectivity index (χ4n) is 2.85. The molecule has 3 aromatic heterocycles. The van der Waals surface area contributed by atoms with Gasteiger partial charge in [0.05, 0.1) is 31.6 Å². The number of aromatic nitrogens is 2. The lowest BCUT2D eigenvalue weighted by Crippen LogP contribution is -2.16. The third-order valence-corrected chi connectivity index (χ3v) is 5.13. The zero-order valence-corrected chi connectivity index (χ0v) is 16.8. The van der Waals surface area contributed by atoms with Crippen LogP contribution < -0.4 is 15.0 Å². The number of nitrogens with zero attached hydrogens (tertiary/aromatic N) is 3. The van der Waals surface area contributed by atoms with E-state index in [9.17, 15) is 4.79 Å². The van der Waals surface area contributed by atoms with Gasteiger partial charge in [0.25, 0.3) is 5.56 Å². The van der Waals surface area contributed by atoms with Crippen molar-refractivity contribution in [2.75, 3.05) is 13.7 Å². The highest BCUT2D eigenvalue weighted by atomic mass is 32.1. The Morgan fingerprint density at radius 3 is 2.97 bits per heavy atom. The van der Waals surface area contributed by atoms with Crippen LogP contribution in [0.5, 0.6) is 11.5 Å². The van der Waals surface area contributed by atoms with Gasteiger partial charge in [-0.1, -0.05) is 6.92 Å². The number of methoxy groups -OCH3 is 1. The summed E-state index contributed by atoms with van der Waals surface area (Å²) in [7, 11) is 1.60. The van der Waals surface area contributed by atoms with E-state index in [1.54, 1.807) is 25.7 Å². The summed E-state index contributed by atoms with van der Waals surface area (Å²) in [5.74, 6) is 1.92. The number of ether oxygens (including phenoxy) is 2. The Balaban J connectivity index is 1.69. The van der Waals surface area contributed by atoms with E-state index in [0.717, 1.165) is 17.5 Å². The molecule has 8 heteroatoms. The molecule has 0 saturated carbocycles. The van der Waals surface area contributed by atoms with Gasteiger partial charge < -0.3 is 13.9 Å². The van der Waals surface area contributed by atoms with E-state index in [-0.39, 0.29) is 5.56 Å². The molecular formula is C21H19N3O4S. The first-order valence-corrected chi connectivity index (χ1v) is 9.97. The lowest BCUT2D eigenvalue weighted by atomic mass is 10.2. The average Bonchev–Trinajstić information content (AvgIpc) is 3.41. The summed E-state index contributed by atoms with van der Waals surface area (Å²) in [5, 5.41) is 6.66. The van der Waals surface area contributed by atoms with Crippen molar-refractivity contribution < 1.29 is 13.9 Å². The van der Waals surface area contributed by atoms with Gasteiger partial charge in [-0.2, -0.15) is 9.78 Å². The molecule has 7 nitrogen and oxygen atoms in total. The first-order valence-electron chi connectivity index (χ1n) is 9.09. The third kappa shape index (κ3) is 3.79. The molecule has 0 aliphatic rings. The van der Waals surface area contributed by atoms with E-state index in [4.69, 9.17) is 13.9 Å². The van der Waals surface area contributed by atoms with Gasteiger partial charge in [-0.15, -0.1) is 11.3 Å². The molecule has 0 aliphatic heterocycles. The Labute approximate surface area is 170 Å². The van der Waals surface area contributed by atoms with E-state index in [1.807, 2.05) is 36.6 Å². The Bertz CT molecular complexity index is 1210. The minimum Gasteiger partial charge on any atom is -0.493 e. The predicted octanol–water partition coefficient (Wildman–Crippen LogP) is 4.40. The molecule has 4 rings (SSSR count). The number of benzene rings is 1. The Morgan fingerprint density at radius 1 is 1.31 bits per heavy atom. The van der Waals surface area contributed by atoms with Gasteiger partial charge in [0, 0.05) is 10.9 Å². The van der Waals surface area contributed by atoms with Gasteiger partial charge in [-0.3, -0.25) is 4.79 Å². The SMILES string of the molecule is CCCOc1cc(/C=N\n2cnc3scc(-c4ccco4)c3c2=O)ccc1OC. The zero-order valence-electron chi connectivity index (χ0n) is 16.0. The van der Waals surface area contributed by atoms with Crippen LogP contribution in [0.1, 0.15) is 18.9 Å². The second-order valence-electron chi connectivity index (χ2n) is 6.20. The van der Waals surface area contributed by atoms with Crippen molar-refractivity contribution in [1.29, 1.82) is 0 Å². The molecule has 3 heterocycles. The lowest BCUT2D eigenvalue weighted by molar-refractivity contribution is 0.294. The first-order chi connectivity index (χ1) is 14.2. The molecule has 0 spiro atoms. The van der Waals surface area contributed by atoms with Crippen LogP contribution in [0, 0.1) is 0 Å². The van der Waals surface area contributed by atoms with Crippen molar-refractivity contribution in [3.63, 3.8) is 0 Å². The maximum absolute atomic E-state index is 13.0. The van der Waals surface area contributed by atoms with Gasteiger partial charge in [-0.25, -0.2) is 4.98 Å². The molecule has 29 heavy (non-hydrogen) atoms. The van der Waals surface area contributed by atoms with Crippen molar-refractivity contribution in [2.24, 2.45) is 5.10 Å². The summed E-state index contributed by atoms with van der Waals surface area (Å²) >= 11 is 1.40. The Morgan fingerprint density at radius 2 is 2.21 bits per heavy atom. The minimum absolute atomic E-state index is 0.255. The highest BCUT2D eigenvalue weighted by molar-refractivity contribution is 7.17. The van der Waals surface area contributed by atoms with Crippen molar-refractivity contribution in [3.8, 4) is 22.8 Å². The summed E-state index contributed by atoms with van der Waals surface area (Å²) in [6, 6.07) is 9.08. The standard InChI is InChI=1S/C21H19N3O4S/c1-3-8-27-18-10-14(6-7-17(18)26-2)11-23-24-13-22-20-19(21(24)25)15(12-29-20)16-5-4-9-28-16/h4-7,9-13H,3,8H2,1-2H3/b23-11-. The molecule has 0 N–H and O–H groups in total. The van der Waals surface area contributed by atoms with Crippen LogP contribution in [0.15, 0.2) is 62.6 Å². The maximum atomic E-state index is 13.0. The molecule has 148 valence electrons. The molecule has 0 amide bonds. The predicted molar refractivity (Wildman–Crippen MR) is 113 cm³/mol. The van der Waals surface area contributed by atoms with Gasteiger partial charge in [-0.05, 0) is 42.3 Å². The van der Waals surface area contributed by atoms with Gasteiger partial charge >= 0.3 is 0 Å². The largest absolute Gasteiger partial charge is 0.493 e. The van der Waals surface area contributed by atoms with Gasteiger partial charge in [0.1, 0.15) is 16.9 Å². The number of fused-ring (bicyclic) bond motifs is 1. The van der Waals surface area contributed by atoms with E-state index in [2.05, 4.69) is 10.1 Å². The van der Waals surface area contributed by atoms with Crippen LogP contribution in [-0.2, 0) is 0 Å². The van der Waals surface area contributed by atoms with E-state index in [1.165, 1.54) is 22.3 Å². The smallest absolute Gasteiger partial charge is 0.283 e. The Kier molecular flexibility index (Phi) is 5.44. The summed E-state index contributed by atoms with van der Waals surface area (Å²) in [6.45, 7) is 2.62. The normalized spacial score (nSPS) is 11.4. The number of rotatable bonds is 7. The van der Waals surface area contributed by atoms with Crippen LogP contribution >= 0.6 is 11.3 Å². The Hall–Kier alpha value is -3.39. The van der Waals surface area contributed by atoms with Crippen LogP contribution in [-0.4, -0.2) is 29.6 Å². The fraction of sp³-hybridized carbons (Fsp3) is 0.190. The number of thiophene rings is 1. The number of hydrogen-bond donors (Lipinski definition) is 0. The van der Waals surface area contributed by atoms with Crippen molar-refractivity contribution >= 4 is 27.8 Å². The minimum atomic E-state index is -0.255. The highest BCUT2D eigenvalue weighted by Gasteiger charge is 2.14. The van der Waals surface area contributed by atoms with Crippen LogP contribution in [0.3, 0.4) is 0 Å². The summed E-state index contributed by atoms with van der Waals surface area (Å²) < 4.78 is 17.7. The monoisotopic (exact) mass is 409 g/mol. The van der Waals surface area contributed by atoms with Crippen LogP contribution in [0.2, 0.25) is 0 Å². The van der Waals surface area contributed by atoms with Crippen LogP contribution in [0.4, 0.5) is 0 Å². The number of furan rings is 1. The van der Waals surface area contributed by atoms with Gasteiger partial charge in [0.15, 0.2) is 11.5 Å². The van der Waals surface area contributed by atoms with E-state index >= 15 is 0 Å². The summed E-state index contributed by atoms with van der Waals surface area (Å²) in [6.07, 6.45) is 5.47. The summed E-state index contributed by atoms with van der Waals surface area (Å²) in [5.41, 5.74) is 1.24. The second kappa shape index (κ2) is 8.32. The van der Waals surface area contributed by atoms with Crippen LogP contribution in [0.25, 0.3) is 21.5 Å². The van der Waals surface area contributed by atoms with E-state index < -0.39 is 0 Å². The van der Waals surface area contributed by atoms with Crippen molar-refractivity contribution in [1.82, 2.24) is 9.66 Å². The molecule has 0 saturated heterocycles. The number of hydrogen-bond acceptors (Lipinski definition) is 7. The highest BCUT2D eigenvalue weighted by Crippen LogP contribution is 2.31. The molecule has 0 radical (unpaired) electrons. The molecule has 0 aliphatic carbocycles. The topological polar surface area (TPSA) is 78.9 Å². The van der Waals surface area contributed by atoms with Gasteiger partial charge in [0.2, 0.25) is 0 Å². The molecule has 0 atom stereocenters. The van der Waals surface area contributed by atoms with Crippen molar-refractivity contribution in [2.45, 2.75) is 13.3 Å². The van der Waals surface area contributed by atoms with Crippen molar-refractivity contribution in [3.05, 3.63) is 64.2 Å². The molecule has 1 aromatic carbocycles. The fourth-order valence-corrected chi connectivity index (χ4v) is 3.73.